The summed E-state index contributed by atoms with van der Waals surface area (Å²) >= 11 is 0. The Morgan fingerprint density at radius 2 is 1.65 bits per heavy atom. The summed E-state index contributed by atoms with van der Waals surface area (Å²) in [5.74, 6) is -0.00374. The van der Waals surface area contributed by atoms with Gasteiger partial charge in [0.1, 0.15) is 11.6 Å². The van der Waals surface area contributed by atoms with Gasteiger partial charge in [0.2, 0.25) is 0 Å². The molecule has 0 unspecified atom stereocenters. The monoisotopic (exact) mass is 278 g/mol. The van der Waals surface area contributed by atoms with Crippen LogP contribution in [0, 0.1) is 0 Å². The van der Waals surface area contributed by atoms with E-state index in [0.29, 0.717) is 21.7 Å². The molecule has 0 atom stereocenters. The van der Waals surface area contributed by atoms with Crippen LogP contribution in [0.2, 0.25) is 0 Å². The van der Waals surface area contributed by atoms with E-state index in [2.05, 4.69) is 9.72 Å². The van der Waals surface area contributed by atoms with Crippen LogP contribution in [0.3, 0.4) is 0 Å². The molecule has 1 heterocycles. The fourth-order valence-electron chi connectivity index (χ4n) is 2.21. The smallest absolute Gasteiger partial charge is 0.405 e. The normalized spacial score (nSPS) is 11.9. The molecule has 0 aliphatic heterocycles. The average Bonchev–Trinajstić information content (AvgIpc) is 2.37. The number of pyridine rings is 1. The van der Waals surface area contributed by atoms with E-state index in [1.807, 2.05) is 0 Å². The molecule has 0 saturated carbocycles. The van der Waals surface area contributed by atoms with Crippen LogP contribution in [0.1, 0.15) is 0 Å². The molecule has 102 valence electrons. The van der Waals surface area contributed by atoms with Crippen molar-refractivity contribution in [3.8, 4) is 5.75 Å². The van der Waals surface area contributed by atoms with Crippen molar-refractivity contribution in [2.75, 3.05) is 5.73 Å². The lowest BCUT2D eigenvalue weighted by molar-refractivity contribution is -0.274. The van der Waals surface area contributed by atoms with Gasteiger partial charge in [-0.1, -0.05) is 30.3 Å². The summed E-state index contributed by atoms with van der Waals surface area (Å²) in [6.07, 6.45) is -4.75. The lowest BCUT2D eigenvalue weighted by Gasteiger charge is -2.13. The van der Waals surface area contributed by atoms with E-state index in [4.69, 9.17) is 5.73 Å². The summed E-state index contributed by atoms with van der Waals surface area (Å²) < 4.78 is 41.5. The molecule has 0 fully saturated rings. The number of nitrogen functional groups attached to an aromatic ring is 1. The maximum absolute atomic E-state index is 12.5. The van der Waals surface area contributed by atoms with Gasteiger partial charge < -0.3 is 10.5 Å². The molecule has 0 spiro atoms. The highest BCUT2D eigenvalue weighted by atomic mass is 19.4. The van der Waals surface area contributed by atoms with E-state index in [1.165, 1.54) is 12.1 Å². The summed E-state index contributed by atoms with van der Waals surface area (Å²) in [5.41, 5.74) is 6.19. The van der Waals surface area contributed by atoms with Gasteiger partial charge in [0.15, 0.2) is 0 Å². The van der Waals surface area contributed by atoms with E-state index in [1.54, 1.807) is 30.3 Å². The van der Waals surface area contributed by atoms with Gasteiger partial charge in [-0.2, -0.15) is 0 Å². The van der Waals surface area contributed by atoms with Gasteiger partial charge in [-0.3, -0.25) is 0 Å². The Hall–Kier alpha value is -2.50. The van der Waals surface area contributed by atoms with Crippen LogP contribution in [0.5, 0.6) is 5.75 Å². The Morgan fingerprint density at radius 3 is 2.35 bits per heavy atom. The fourth-order valence-corrected chi connectivity index (χ4v) is 2.21. The van der Waals surface area contributed by atoms with E-state index in [-0.39, 0.29) is 11.6 Å². The largest absolute Gasteiger partial charge is 0.573 e. The lowest BCUT2D eigenvalue weighted by atomic mass is 10.1. The van der Waals surface area contributed by atoms with Crippen molar-refractivity contribution < 1.29 is 17.9 Å². The minimum atomic E-state index is -4.75. The molecule has 0 radical (unpaired) electrons. The number of aromatic nitrogens is 1. The van der Waals surface area contributed by atoms with E-state index in [9.17, 15) is 13.2 Å². The van der Waals surface area contributed by atoms with Crippen LogP contribution < -0.4 is 10.5 Å². The van der Waals surface area contributed by atoms with Crippen molar-refractivity contribution in [3.05, 3.63) is 42.5 Å². The molecule has 0 bridgehead atoms. The third kappa shape index (κ3) is 2.09. The van der Waals surface area contributed by atoms with E-state index < -0.39 is 6.36 Å². The van der Waals surface area contributed by atoms with Gasteiger partial charge in [0.25, 0.3) is 0 Å². The number of hydrogen-bond acceptors (Lipinski definition) is 3. The molecule has 3 nitrogen and oxygen atoms in total. The van der Waals surface area contributed by atoms with Gasteiger partial charge in [-0.15, -0.1) is 13.2 Å². The molecule has 2 aromatic carbocycles. The predicted octanol–water partition coefficient (Wildman–Crippen LogP) is 3.87. The molecule has 6 heteroatoms. The second kappa shape index (κ2) is 4.26. The van der Waals surface area contributed by atoms with Crippen molar-refractivity contribution >= 4 is 27.5 Å². The van der Waals surface area contributed by atoms with Gasteiger partial charge >= 0.3 is 6.36 Å². The standard InChI is InChI=1S/C14H9F3N2O/c15-14(16,17)20-11-7-3-6-10-12(11)8-4-1-2-5-9(8)13(18)19-10/h1-7H,(H2,18,19). The number of alkyl halides is 3. The fraction of sp³-hybridized carbons (Fsp3) is 0.0714. The number of hydrogen-bond donors (Lipinski definition) is 1. The Morgan fingerprint density at radius 1 is 0.950 bits per heavy atom. The molecule has 3 rings (SSSR count). The molecule has 0 amide bonds. The van der Waals surface area contributed by atoms with Crippen molar-refractivity contribution in [3.63, 3.8) is 0 Å². The number of anilines is 1. The first-order valence-corrected chi connectivity index (χ1v) is 5.78. The van der Waals surface area contributed by atoms with Crippen molar-refractivity contribution in [1.82, 2.24) is 4.98 Å². The van der Waals surface area contributed by atoms with Crippen molar-refractivity contribution in [2.24, 2.45) is 0 Å². The first-order chi connectivity index (χ1) is 9.46. The average molecular weight is 278 g/mol. The number of nitrogens with zero attached hydrogens (tertiary/aromatic N) is 1. The highest BCUT2D eigenvalue weighted by Gasteiger charge is 2.32. The van der Waals surface area contributed by atoms with Gasteiger partial charge in [-0.05, 0) is 17.5 Å². The van der Waals surface area contributed by atoms with Gasteiger partial charge in [0.05, 0.1) is 10.9 Å². The van der Waals surface area contributed by atoms with Crippen LogP contribution in [-0.2, 0) is 0 Å². The summed E-state index contributed by atoms with van der Waals surface area (Å²) in [4.78, 5) is 4.12. The van der Waals surface area contributed by atoms with Crippen LogP contribution >= 0.6 is 0 Å². The zero-order chi connectivity index (χ0) is 14.3. The lowest BCUT2D eigenvalue weighted by Crippen LogP contribution is -2.17. The zero-order valence-electron chi connectivity index (χ0n) is 10.1. The predicted molar refractivity (Wildman–Crippen MR) is 70.3 cm³/mol. The highest BCUT2D eigenvalue weighted by Crippen LogP contribution is 2.36. The second-order valence-corrected chi connectivity index (χ2v) is 4.24. The number of fused-ring (bicyclic) bond motifs is 3. The molecule has 1 aromatic heterocycles. The summed E-state index contributed by atoms with van der Waals surface area (Å²) in [7, 11) is 0. The molecular weight excluding hydrogens is 269 g/mol. The van der Waals surface area contributed by atoms with Crippen LogP contribution in [0.4, 0.5) is 19.0 Å². The molecule has 2 N–H and O–H groups in total. The van der Waals surface area contributed by atoms with Gasteiger partial charge in [-0.25, -0.2) is 4.98 Å². The second-order valence-electron chi connectivity index (χ2n) is 4.24. The first-order valence-electron chi connectivity index (χ1n) is 5.78. The first kappa shape index (κ1) is 12.5. The molecule has 0 aliphatic rings. The number of nitrogens with two attached hydrogens (primary N) is 1. The minimum absolute atomic E-state index is 0.275. The number of rotatable bonds is 1. The zero-order valence-corrected chi connectivity index (χ0v) is 10.1. The molecular formula is C14H9F3N2O. The number of benzene rings is 2. The third-order valence-corrected chi connectivity index (χ3v) is 2.94. The third-order valence-electron chi connectivity index (χ3n) is 2.94. The molecule has 0 aliphatic carbocycles. The quantitative estimate of drug-likeness (QED) is 0.687. The summed E-state index contributed by atoms with van der Waals surface area (Å²) in [6.45, 7) is 0. The number of ether oxygens (including phenoxy) is 1. The summed E-state index contributed by atoms with van der Waals surface area (Å²) in [5, 5.41) is 1.47. The topological polar surface area (TPSA) is 48.1 Å². The highest BCUT2D eigenvalue weighted by molar-refractivity contribution is 6.12. The molecule has 3 aromatic rings. The Labute approximate surface area is 111 Å². The Balaban J connectivity index is 2.40. The Bertz CT molecular complexity index is 799. The Kier molecular flexibility index (Phi) is 2.67. The van der Waals surface area contributed by atoms with Crippen LogP contribution in [-0.4, -0.2) is 11.3 Å². The van der Waals surface area contributed by atoms with E-state index in [0.717, 1.165) is 0 Å². The van der Waals surface area contributed by atoms with Crippen LogP contribution in [0.25, 0.3) is 21.7 Å². The van der Waals surface area contributed by atoms with Gasteiger partial charge in [0, 0.05) is 5.39 Å². The summed E-state index contributed by atoms with van der Waals surface area (Å²) in [6, 6.07) is 11.2. The minimum Gasteiger partial charge on any atom is -0.405 e. The van der Waals surface area contributed by atoms with Crippen LogP contribution in [0.15, 0.2) is 42.5 Å². The molecule has 20 heavy (non-hydrogen) atoms. The van der Waals surface area contributed by atoms with E-state index >= 15 is 0 Å². The SMILES string of the molecule is Nc1nc2cccc(OC(F)(F)F)c2c2ccccc12. The van der Waals surface area contributed by atoms with Crippen molar-refractivity contribution in [2.45, 2.75) is 6.36 Å². The molecule has 0 saturated heterocycles. The maximum Gasteiger partial charge on any atom is 0.573 e. The van der Waals surface area contributed by atoms with Crippen molar-refractivity contribution in [1.29, 1.82) is 0 Å². The number of halogens is 3. The maximum atomic E-state index is 12.5.